The number of nitrogens with zero attached hydrogens (tertiary/aromatic N) is 1. The van der Waals surface area contributed by atoms with Gasteiger partial charge in [-0.25, -0.2) is 0 Å². The first-order valence-corrected chi connectivity index (χ1v) is 4.96. The van der Waals surface area contributed by atoms with E-state index in [1.54, 1.807) is 24.1 Å². The summed E-state index contributed by atoms with van der Waals surface area (Å²) in [6.07, 6.45) is 0. The molecule has 1 aromatic rings. The Morgan fingerprint density at radius 3 is 2.40 bits per heavy atom. The Hall–Kier alpha value is -1.51. The zero-order valence-electron chi connectivity index (χ0n) is 9.74. The van der Waals surface area contributed by atoms with Crippen molar-refractivity contribution in [1.82, 2.24) is 0 Å². The summed E-state index contributed by atoms with van der Waals surface area (Å²) in [5.41, 5.74) is 6.79. The molecular weight excluding hydrogens is 188 g/mol. The summed E-state index contributed by atoms with van der Waals surface area (Å²) in [6.45, 7) is 5.70. The van der Waals surface area contributed by atoms with Gasteiger partial charge in [0.2, 0.25) is 5.91 Å². The van der Waals surface area contributed by atoms with Gasteiger partial charge in [-0.3, -0.25) is 4.79 Å². The van der Waals surface area contributed by atoms with E-state index in [0.717, 1.165) is 5.69 Å². The molecule has 1 rings (SSSR count). The monoisotopic (exact) mass is 206 g/mol. The van der Waals surface area contributed by atoms with Crippen LogP contribution < -0.4 is 10.6 Å². The minimum absolute atomic E-state index is 0.0769. The average molecular weight is 206 g/mol. The van der Waals surface area contributed by atoms with E-state index in [9.17, 15) is 4.79 Å². The molecule has 0 fully saturated rings. The Kier molecular flexibility index (Phi) is 3.03. The summed E-state index contributed by atoms with van der Waals surface area (Å²) in [6, 6.07) is 7.32. The van der Waals surface area contributed by atoms with E-state index < -0.39 is 0 Å². The third kappa shape index (κ3) is 2.72. The third-order valence-corrected chi connectivity index (χ3v) is 2.20. The molecule has 0 spiro atoms. The van der Waals surface area contributed by atoms with Crippen LogP contribution in [-0.4, -0.2) is 13.0 Å². The highest BCUT2D eigenvalue weighted by molar-refractivity contribution is 5.96. The molecule has 3 heteroatoms. The van der Waals surface area contributed by atoms with Crippen molar-refractivity contribution in [2.75, 3.05) is 17.7 Å². The Bertz CT molecular complexity index is 366. The lowest BCUT2D eigenvalue weighted by atomic mass is 9.94. The van der Waals surface area contributed by atoms with E-state index in [-0.39, 0.29) is 11.3 Å². The maximum absolute atomic E-state index is 12.0. The van der Waals surface area contributed by atoms with Crippen LogP contribution in [0.25, 0.3) is 0 Å². The van der Waals surface area contributed by atoms with Crippen molar-refractivity contribution >= 4 is 17.3 Å². The lowest BCUT2D eigenvalue weighted by Crippen LogP contribution is -2.36. The fourth-order valence-corrected chi connectivity index (χ4v) is 1.35. The van der Waals surface area contributed by atoms with Crippen molar-refractivity contribution in [3.05, 3.63) is 24.3 Å². The molecule has 15 heavy (non-hydrogen) atoms. The molecule has 3 nitrogen and oxygen atoms in total. The summed E-state index contributed by atoms with van der Waals surface area (Å²) in [7, 11) is 1.77. The minimum atomic E-state index is -0.376. The first-order chi connectivity index (χ1) is 6.82. The van der Waals surface area contributed by atoms with Crippen molar-refractivity contribution < 1.29 is 4.79 Å². The first kappa shape index (κ1) is 11.6. The van der Waals surface area contributed by atoms with Crippen molar-refractivity contribution in [3.63, 3.8) is 0 Å². The molecule has 0 aromatic heterocycles. The predicted octanol–water partition coefficient (Wildman–Crippen LogP) is 2.28. The zero-order chi connectivity index (χ0) is 11.6. The molecule has 82 valence electrons. The number of nitrogen functional groups attached to an aromatic ring is 1. The Morgan fingerprint density at radius 2 is 1.93 bits per heavy atom. The van der Waals surface area contributed by atoms with Gasteiger partial charge >= 0.3 is 0 Å². The van der Waals surface area contributed by atoms with E-state index >= 15 is 0 Å². The smallest absolute Gasteiger partial charge is 0.232 e. The van der Waals surface area contributed by atoms with Crippen LogP contribution in [-0.2, 0) is 4.79 Å². The molecule has 0 heterocycles. The minimum Gasteiger partial charge on any atom is -0.399 e. The topological polar surface area (TPSA) is 46.3 Å². The van der Waals surface area contributed by atoms with Gasteiger partial charge in [0.25, 0.3) is 0 Å². The number of carbonyl (C=O) groups is 1. The van der Waals surface area contributed by atoms with E-state index in [1.165, 1.54) is 0 Å². The van der Waals surface area contributed by atoms with Gasteiger partial charge in [0.15, 0.2) is 0 Å². The van der Waals surface area contributed by atoms with Crippen LogP contribution in [0, 0.1) is 5.41 Å². The summed E-state index contributed by atoms with van der Waals surface area (Å²) in [5.74, 6) is 0.0769. The number of nitrogens with two attached hydrogens (primary N) is 1. The molecular formula is C12H18N2O. The molecule has 0 atom stereocenters. The van der Waals surface area contributed by atoms with Crippen molar-refractivity contribution in [2.45, 2.75) is 20.8 Å². The number of amides is 1. The molecule has 0 radical (unpaired) electrons. The number of anilines is 2. The van der Waals surface area contributed by atoms with Crippen LogP contribution in [0.4, 0.5) is 11.4 Å². The number of rotatable bonds is 1. The van der Waals surface area contributed by atoms with E-state index in [2.05, 4.69) is 0 Å². The standard InChI is InChI=1S/C12H18N2O/c1-12(2,3)11(15)14(4)10-7-5-6-9(13)8-10/h5-8H,13H2,1-4H3. The molecule has 0 aliphatic rings. The van der Waals surface area contributed by atoms with Gasteiger partial charge in [-0.2, -0.15) is 0 Å². The normalized spacial score (nSPS) is 11.2. The summed E-state index contributed by atoms with van der Waals surface area (Å²) in [4.78, 5) is 13.6. The van der Waals surface area contributed by atoms with Gasteiger partial charge in [-0.15, -0.1) is 0 Å². The maximum Gasteiger partial charge on any atom is 0.232 e. The fourth-order valence-electron chi connectivity index (χ4n) is 1.35. The van der Waals surface area contributed by atoms with Crippen LogP contribution in [0.2, 0.25) is 0 Å². The molecule has 0 saturated carbocycles. The van der Waals surface area contributed by atoms with Crippen LogP contribution in [0.5, 0.6) is 0 Å². The summed E-state index contributed by atoms with van der Waals surface area (Å²) >= 11 is 0. The van der Waals surface area contributed by atoms with Gasteiger partial charge in [0.05, 0.1) is 0 Å². The highest BCUT2D eigenvalue weighted by Gasteiger charge is 2.25. The lowest BCUT2D eigenvalue weighted by Gasteiger charge is -2.26. The van der Waals surface area contributed by atoms with E-state index in [4.69, 9.17) is 5.73 Å². The average Bonchev–Trinajstić information content (AvgIpc) is 2.14. The van der Waals surface area contributed by atoms with E-state index in [0.29, 0.717) is 5.69 Å². The highest BCUT2D eigenvalue weighted by Crippen LogP contribution is 2.23. The molecule has 1 aromatic carbocycles. The molecule has 0 aliphatic heterocycles. The number of hydrogen-bond donors (Lipinski definition) is 1. The van der Waals surface area contributed by atoms with Crippen LogP contribution >= 0.6 is 0 Å². The Labute approximate surface area is 90.9 Å². The maximum atomic E-state index is 12.0. The zero-order valence-corrected chi connectivity index (χ0v) is 9.74. The molecule has 0 aliphatic carbocycles. The van der Waals surface area contributed by atoms with Gasteiger partial charge in [-0.1, -0.05) is 26.8 Å². The second kappa shape index (κ2) is 3.93. The number of benzene rings is 1. The van der Waals surface area contributed by atoms with Crippen molar-refractivity contribution in [3.8, 4) is 0 Å². The van der Waals surface area contributed by atoms with Crippen molar-refractivity contribution in [1.29, 1.82) is 0 Å². The summed E-state index contributed by atoms with van der Waals surface area (Å²) < 4.78 is 0. The van der Waals surface area contributed by atoms with Crippen LogP contribution in [0.15, 0.2) is 24.3 Å². The van der Waals surface area contributed by atoms with Gasteiger partial charge in [0.1, 0.15) is 0 Å². The van der Waals surface area contributed by atoms with Crippen molar-refractivity contribution in [2.24, 2.45) is 5.41 Å². The summed E-state index contributed by atoms with van der Waals surface area (Å²) in [5, 5.41) is 0. The molecule has 0 saturated heterocycles. The molecule has 1 amide bonds. The third-order valence-electron chi connectivity index (χ3n) is 2.20. The Balaban J connectivity index is 2.95. The quantitative estimate of drug-likeness (QED) is 0.716. The second-order valence-corrected chi connectivity index (χ2v) is 4.71. The predicted molar refractivity (Wildman–Crippen MR) is 63.7 cm³/mol. The molecule has 0 bridgehead atoms. The van der Waals surface area contributed by atoms with Crippen LogP contribution in [0.3, 0.4) is 0 Å². The Morgan fingerprint density at radius 1 is 1.33 bits per heavy atom. The van der Waals surface area contributed by atoms with Gasteiger partial charge < -0.3 is 10.6 Å². The molecule has 0 unspecified atom stereocenters. The highest BCUT2D eigenvalue weighted by atomic mass is 16.2. The number of carbonyl (C=O) groups excluding carboxylic acids is 1. The lowest BCUT2D eigenvalue weighted by molar-refractivity contribution is -0.125. The number of hydrogen-bond acceptors (Lipinski definition) is 2. The second-order valence-electron chi connectivity index (χ2n) is 4.71. The van der Waals surface area contributed by atoms with Crippen LogP contribution in [0.1, 0.15) is 20.8 Å². The largest absolute Gasteiger partial charge is 0.399 e. The fraction of sp³-hybridized carbons (Fsp3) is 0.417. The molecule has 2 N–H and O–H groups in total. The first-order valence-electron chi connectivity index (χ1n) is 4.96. The van der Waals surface area contributed by atoms with Gasteiger partial charge in [0, 0.05) is 23.8 Å². The van der Waals surface area contributed by atoms with Gasteiger partial charge in [-0.05, 0) is 18.2 Å². The SMILES string of the molecule is CN(C(=O)C(C)(C)C)c1cccc(N)c1. The van der Waals surface area contributed by atoms with E-state index in [1.807, 2.05) is 32.9 Å².